The van der Waals surface area contributed by atoms with Gasteiger partial charge >= 0.3 is 0 Å². The molecule has 0 saturated carbocycles. The Morgan fingerprint density at radius 3 is 2.42 bits per heavy atom. The minimum absolute atomic E-state index is 0.0454. The van der Waals surface area contributed by atoms with E-state index in [1.54, 1.807) is 22.8 Å². The van der Waals surface area contributed by atoms with Gasteiger partial charge in [0.2, 0.25) is 5.91 Å². The van der Waals surface area contributed by atoms with Crippen LogP contribution >= 0.6 is 11.6 Å². The van der Waals surface area contributed by atoms with Gasteiger partial charge in [0, 0.05) is 18.0 Å². The Hall–Kier alpha value is -2.66. The Balaban J connectivity index is 2.24. The SMILES string of the molecule is CCC(=O)N(CCC(C)C)C(C)c1nc2cc(Cl)ccc2c(=O)n1-c1ccc(C)cc1. The minimum atomic E-state index is -0.372. The van der Waals surface area contributed by atoms with Gasteiger partial charge in [-0.25, -0.2) is 4.98 Å². The maximum Gasteiger partial charge on any atom is 0.266 e. The molecule has 5 nitrogen and oxygen atoms in total. The lowest BCUT2D eigenvalue weighted by atomic mass is 10.1. The van der Waals surface area contributed by atoms with Gasteiger partial charge in [0.05, 0.1) is 22.6 Å². The standard InChI is InChI=1S/C25H30ClN3O2/c1-6-23(30)28(14-13-16(2)3)18(5)24-27-22-15-19(26)9-12-21(22)25(31)29(24)20-10-7-17(4)8-11-20/h7-12,15-16,18H,6,13-14H2,1-5H3. The van der Waals surface area contributed by atoms with Gasteiger partial charge < -0.3 is 4.90 Å². The number of nitrogens with zero attached hydrogens (tertiary/aromatic N) is 3. The van der Waals surface area contributed by atoms with Crippen LogP contribution in [0.4, 0.5) is 0 Å². The summed E-state index contributed by atoms with van der Waals surface area (Å²) >= 11 is 6.18. The van der Waals surface area contributed by atoms with E-state index in [0.717, 1.165) is 17.7 Å². The van der Waals surface area contributed by atoms with Gasteiger partial charge in [-0.1, -0.05) is 50.1 Å². The number of carbonyl (C=O) groups is 1. The molecule has 0 saturated heterocycles. The number of aromatic nitrogens is 2. The zero-order valence-electron chi connectivity index (χ0n) is 18.9. The molecule has 6 heteroatoms. The van der Waals surface area contributed by atoms with Gasteiger partial charge in [0.15, 0.2) is 0 Å². The molecule has 3 aromatic rings. The molecule has 3 rings (SSSR count). The molecule has 31 heavy (non-hydrogen) atoms. The topological polar surface area (TPSA) is 55.2 Å². The van der Waals surface area contributed by atoms with E-state index >= 15 is 0 Å². The van der Waals surface area contributed by atoms with Gasteiger partial charge in [0.1, 0.15) is 5.82 Å². The second-order valence-electron chi connectivity index (χ2n) is 8.41. The molecule has 0 aliphatic rings. The molecule has 1 amide bonds. The normalized spacial score (nSPS) is 12.4. The maximum atomic E-state index is 13.6. The van der Waals surface area contributed by atoms with Crippen molar-refractivity contribution in [1.82, 2.24) is 14.5 Å². The number of rotatable bonds is 7. The van der Waals surface area contributed by atoms with Crippen LogP contribution in [0.3, 0.4) is 0 Å². The summed E-state index contributed by atoms with van der Waals surface area (Å²) in [5.74, 6) is 1.04. The van der Waals surface area contributed by atoms with Crippen molar-refractivity contribution in [3.05, 3.63) is 69.2 Å². The van der Waals surface area contributed by atoms with Crippen LogP contribution in [0.25, 0.3) is 16.6 Å². The number of halogens is 1. The summed E-state index contributed by atoms with van der Waals surface area (Å²) in [7, 11) is 0. The summed E-state index contributed by atoms with van der Waals surface area (Å²) in [6, 6.07) is 12.5. The Bertz CT molecular complexity index is 1140. The highest BCUT2D eigenvalue weighted by molar-refractivity contribution is 6.31. The Morgan fingerprint density at radius 1 is 1.13 bits per heavy atom. The first-order valence-corrected chi connectivity index (χ1v) is 11.2. The second-order valence-corrected chi connectivity index (χ2v) is 8.84. The van der Waals surface area contributed by atoms with E-state index in [9.17, 15) is 9.59 Å². The average molecular weight is 440 g/mol. The Kier molecular flexibility index (Phi) is 7.16. The third-order valence-electron chi connectivity index (χ3n) is 5.56. The molecule has 1 heterocycles. The van der Waals surface area contributed by atoms with Crippen molar-refractivity contribution in [3.63, 3.8) is 0 Å². The lowest BCUT2D eigenvalue weighted by Crippen LogP contribution is -2.38. The molecule has 2 aromatic carbocycles. The first kappa shape index (κ1) is 23.0. The number of aryl methyl sites for hydroxylation is 1. The fourth-order valence-corrected chi connectivity index (χ4v) is 3.84. The predicted octanol–water partition coefficient (Wildman–Crippen LogP) is 5.69. The monoisotopic (exact) mass is 439 g/mol. The highest BCUT2D eigenvalue weighted by atomic mass is 35.5. The van der Waals surface area contributed by atoms with Gasteiger partial charge in [-0.05, 0) is 56.5 Å². The quantitative estimate of drug-likeness (QED) is 0.475. The Labute approximate surface area is 188 Å². The molecule has 164 valence electrons. The van der Waals surface area contributed by atoms with Crippen molar-refractivity contribution in [2.75, 3.05) is 6.54 Å². The lowest BCUT2D eigenvalue weighted by Gasteiger charge is -2.31. The van der Waals surface area contributed by atoms with Crippen LogP contribution < -0.4 is 5.56 Å². The molecule has 0 N–H and O–H groups in total. The predicted molar refractivity (Wildman–Crippen MR) is 127 cm³/mol. The zero-order valence-corrected chi connectivity index (χ0v) is 19.6. The van der Waals surface area contributed by atoms with Crippen LogP contribution in [0.15, 0.2) is 47.3 Å². The number of carbonyl (C=O) groups excluding carboxylic acids is 1. The van der Waals surface area contributed by atoms with Crippen molar-refractivity contribution in [2.45, 2.75) is 53.5 Å². The third-order valence-corrected chi connectivity index (χ3v) is 5.80. The van der Waals surface area contributed by atoms with Crippen molar-refractivity contribution < 1.29 is 4.79 Å². The lowest BCUT2D eigenvalue weighted by molar-refractivity contribution is -0.133. The van der Waals surface area contributed by atoms with E-state index < -0.39 is 0 Å². The summed E-state index contributed by atoms with van der Waals surface area (Å²) in [6.45, 7) is 10.7. The molecule has 0 bridgehead atoms. The van der Waals surface area contributed by atoms with Crippen LogP contribution in [0.2, 0.25) is 5.02 Å². The first-order valence-electron chi connectivity index (χ1n) is 10.8. The summed E-state index contributed by atoms with van der Waals surface area (Å²) in [5.41, 5.74) is 2.21. The number of amides is 1. The first-order chi connectivity index (χ1) is 14.7. The van der Waals surface area contributed by atoms with Gasteiger partial charge in [-0.2, -0.15) is 0 Å². The van der Waals surface area contributed by atoms with Crippen LogP contribution in [0, 0.1) is 12.8 Å². The van der Waals surface area contributed by atoms with Crippen molar-refractivity contribution in [1.29, 1.82) is 0 Å². The van der Waals surface area contributed by atoms with Crippen molar-refractivity contribution >= 4 is 28.4 Å². The van der Waals surface area contributed by atoms with E-state index in [1.807, 2.05) is 49.9 Å². The molecule has 0 fully saturated rings. The summed E-state index contributed by atoms with van der Waals surface area (Å²) in [4.78, 5) is 33.1. The molecule has 0 aliphatic carbocycles. The summed E-state index contributed by atoms with van der Waals surface area (Å²) < 4.78 is 1.63. The third kappa shape index (κ3) is 4.99. The highest BCUT2D eigenvalue weighted by Crippen LogP contribution is 2.25. The van der Waals surface area contributed by atoms with Gasteiger partial charge in [0.25, 0.3) is 5.56 Å². The fraction of sp³-hybridized carbons (Fsp3) is 0.400. The molecule has 0 aliphatic heterocycles. The average Bonchev–Trinajstić information content (AvgIpc) is 2.73. The smallest absolute Gasteiger partial charge is 0.266 e. The molecule has 0 spiro atoms. The van der Waals surface area contributed by atoms with Crippen LogP contribution in [-0.4, -0.2) is 26.9 Å². The molecular formula is C25H30ClN3O2. The number of hydrogen-bond acceptors (Lipinski definition) is 3. The van der Waals surface area contributed by atoms with E-state index in [1.165, 1.54) is 0 Å². The van der Waals surface area contributed by atoms with Crippen molar-refractivity contribution in [2.24, 2.45) is 5.92 Å². The van der Waals surface area contributed by atoms with E-state index in [2.05, 4.69) is 13.8 Å². The minimum Gasteiger partial charge on any atom is -0.333 e. The summed E-state index contributed by atoms with van der Waals surface area (Å²) in [6.07, 6.45) is 1.28. The molecule has 1 aromatic heterocycles. The van der Waals surface area contributed by atoms with Crippen molar-refractivity contribution in [3.8, 4) is 5.69 Å². The van der Waals surface area contributed by atoms with E-state index in [0.29, 0.717) is 40.6 Å². The molecule has 1 unspecified atom stereocenters. The van der Waals surface area contributed by atoms with Crippen LogP contribution in [0.5, 0.6) is 0 Å². The number of benzene rings is 2. The fourth-order valence-electron chi connectivity index (χ4n) is 3.67. The number of hydrogen-bond donors (Lipinski definition) is 0. The van der Waals surface area contributed by atoms with Gasteiger partial charge in [-0.15, -0.1) is 0 Å². The largest absolute Gasteiger partial charge is 0.333 e. The zero-order chi connectivity index (χ0) is 22.7. The van der Waals surface area contributed by atoms with Crippen LogP contribution in [-0.2, 0) is 4.79 Å². The molecular weight excluding hydrogens is 410 g/mol. The van der Waals surface area contributed by atoms with Crippen LogP contribution in [0.1, 0.15) is 58.0 Å². The molecule has 0 radical (unpaired) electrons. The van der Waals surface area contributed by atoms with E-state index in [-0.39, 0.29) is 17.5 Å². The van der Waals surface area contributed by atoms with E-state index in [4.69, 9.17) is 16.6 Å². The maximum absolute atomic E-state index is 13.6. The highest BCUT2D eigenvalue weighted by Gasteiger charge is 2.26. The molecule has 1 atom stereocenters. The number of fused-ring (bicyclic) bond motifs is 1. The Morgan fingerprint density at radius 2 is 1.81 bits per heavy atom. The second kappa shape index (κ2) is 9.65. The van der Waals surface area contributed by atoms with Gasteiger partial charge in [-0.3, -0.25) is 14.2 Å². The summed E-state index contributed by atoms with van der Waals surface area (Å²) in [5, 5.41) is 1.02.